The molecule has 2 N–H and O–H groups in total. The summed E-state index contributed by atoms with van der Waals surface area (Å²) in [6.45, 7) is 0.0278. The van der Waals surface area contributed by atoms with Gasteiger partial charge in [-0.15, -0.1) is 16.4 Å². The average molecular weight is 358 g/mol. The van der Waals surface area contributed by atoms with Crippen LogP contribution in [0.1, 0.15) is 12.2 Å². The maximum Gasteiger partial charge on any atom is 0.451 e. The number of nitrogens with zero attached hydrogens (tertiary/aromatic N) is 4. The summed E-state index contributed by atoms with van der Waals surface area (Å²) in [6, 6.07) is 1.64. The van der Waals surface area contributed by atoms with E-state index in [1.54, 1.807) is 16.5 Å². The highest BCUT2D eigenvalue weighted by Crippen LogP contribution is 2.26. The Hall–Kier alpha value is -2.76. The van der Waals surface area contributed by atoms with Crippen LogP contribution in [0.25, 0.3) is 10.2 Å². The molecule has 3 heterocycles. The van der Waals surface area contributed by atoms with Crippen molar-refractivity contribution in [2.75, 3.05) is 5.32 Å². The number of H-pyrrole nitrogens is 1. The van der Waals surface area contributed by atoms with E-state index in [-0.39, 0.29) is 18.5 Å². The Balaban J connectivity index is 1.64. The summed E-state index contributed by atoms with van der Waals surface area (Å²) in [7, 11) is 0. The van der Waals surface area contributed by atoms with Crippen molar-refractivity contribution in [1.82, 2.24) is 24.7 Å². The second-order valence-corrected chi connectivity index (χ2v) is 5.58. The van der Waals surface area contributed by atoms with Crippen LogP contribution in [0.5, 0.6) is 0 Å². The van der Waals surface area contributed by atoms with Gasteiger partial charge < -0.3 is 0 Å². The fraction of sp³-hybridized carbons (Fsp3) is 0.250. The van der Waals surface area contributed by atoms with Crippen molar-refractivity contribution in [3.63, 3.8) is 0 Å². The van der Waals surface area contributed by atoms with Gasteiger partial charge in [0.2, 0.25) is 17.7 Å². The molecule has 0 unspecified atom stereocenters. The second-order valence-electron chi connectivity index (χ2n) is 4.69. The Kier molecular flexibility index (Phi) is 4.05. The predicted molar refractivity (Wildman–Crippen MR) is 78.5 cm³/mol. The monoisotopic (exact) mass is 358 g/mol. The quantitative estimate of drug-likeness (QED) is 0.737. The average Bonchev–Trinajstić information content (AvgIpc) is 3.15. The van der Waals surface area contributed by atoms with Crippen LogP contribution in [0.15, 0.2) is 22.6 Å². The van der Waals surface area contributed by atoms with Crippen molar-refractivity contribution in [1.29, 1.82) is 0 Å². The lowest BCUT2D eigenvalue weighted by Crippen LogP contribution is -2.23. The number of aryl methyl sites for hydroxylation is 1. The molecule has 1 amide bonds. The van der Waals surface area contributed by atoms with Crippen LogP contribution in [0.3, 0.4) is 0 Å². The fourth-order valence-corrected chi connectivity index (χ4v) is 2.63. The minimum absolute atomic E-state index is 0.0278. The van der Waals surface area contributed by atoms with E-state index >= 15 is 0 Å². The Morgan fingerprint density at radius 3 is 2.92 bits per heavy atom. The first kappa shape index (κ1) is 16.1. The van der Waals surface area contributed by atoms with E-state index in [0.717, 1.165) is 0 Å². The molecule has 3 rings (SSSR count). The van der Waals surface area contributed by atoms with E-state index in [4.69, 9.17) is 0 Å². The minimum Gasteiger partial charge on any atom is -0.298 e. The number of halogens is 3. The molecular weight excluding hydrogens is 349 g/mol. The van der Waals surface area contributed by atoms with Crippen LogP contribution in [-0.2, 0) is 17.5 Å². The largest absolute Gasteiger partial charge is 0.451 e. The first-order valence-corrected chi connectivity index (χ1v) is 7.44. The number of aromatic nitrogens is 5. The molecule has 0 atom stereocenters. The smallest absolute Gasteiger partial charge is 0.298 e. The number of aromatic amines is 1. The molecule has 0 aliphatic heterocycles. The van der Waals surface area contributed by atoms with Crippen molar-refractivity contribution >= 4 is 33.4 Å². The van der Waals surface area contributed by atoms with Gasteiger partial charge in [0.1, 0.15) is 4.83 Å². The van der Waals surface area contributed by atoms with Crippen molar-refractivity contribution in [3.8, 4) is 0 Å². The number of carbonyl (C=O) groups is 1. The number of alkyl halides is 3. The van der Waals surface area contributed by atoms with Gasteiger partial charge in [-0.1, -0.05) is 0 Å². The summed E-state index contributed by atoms with van der Waals surface area (Å²) in [5, 5.41) is 9.26. The lowest BCUT2D eigenvalue weighted by Gasteiger charge is -2.04. The molecule has 8 nitrogen and oxygen atoms in total. The predicted octanol–water partition coefficient (Wildman–Crippen LogP) is 1.62. The summed E-state index contributed by atoms with van der Waals surface area (Å²) >= 11 is 1.32. The molecule has 0 fully saturated rings. The molecular formula is C12H9F3N6O2S. The summed E-state index contributed by atoms with van der Waals surface area (Å²) < 4.78 is 38.3. The standard InChI is InChI=1S/C12H9F3N6O2S/c13-12(14,15)10-18-11(20-19-10)17-7(22)1-3-21-5-16-8-6(9(21)23)2-4-24-8/h2,4-5H,1,3H2,(H2,17,18,19,20,22). The highest BCUT2D eigenvalue weighted by molar-refractivity contribution is 7.16. The van der Waals surface area contributed by atoms with Crippen LogP contribution in [0.4, 0.5) is 19.1 Å². The zero-order chi connectivity index (χ0) is 17.3. The lowest BCUT2D eigenvalue weighted by molar-refractivity contribution is -0.144. The highest BCUT2D eigenvalue weighted by atomic mass is 32.1. The molecule has 0 radical (unpaired) electrons. The topological polar surface area (TPSA) is 106 Å². The number of hydrogen-bond acceptors (Lipinski definition) is 6. The molecule has 0 saturated heterocycles. The third-order valence-corrected chi connectivity index (χ3v) is 3.86. The van der Waals surface area contributed by atoms with Gasteiger partial charge >= 0.3 is 6.18 Å². The van der Waals surface area contributed by atoms with Crippen molar-refractivity contribution in [2.24, 2.45) is 0 Å². The lowest BCUT2D eigenvalue weighted by atomic mass is 10.3. The molecule has 0 spiro atoms. The molecule has 0 bridgehead atoms. The first-order valence-electron chi connectivity index (χ1n) is 6.56. The number of amides is 1. The van der Waals surface area contributed by atoms with E-state index in [1.807, 2.05) is 0 Å². The number of hydrogen-bond donors (Lipinski definition) is 2. The van der Waals surface area contributed by atoms with Crippen LogP contribution in [0.2, 0.25) is 0 Å². The highest BCUT2D eigenvalue weighted by Gasteiger charge is 2.35. The van der Waals surface area contributed by atoms with E-state index < -0.39 is 23.9 Å². The number of fused-ring (bicyclic) bond motifs is 1. The summed E-state index contributed by atoms with van der Waals surface area (Å²) in [5.41, 5.74) is -0.286. The Morgan fingerprint density at radius 2 is 2.21 bits per heavy atom. The van der Waals surface area contributed by atoms with Crippen LogP contribution in [0, 0.1) is 0 Å². The fourth-order valence-electron chi connectivity index (χ4n) is 1.91. The molecule has 0 saturated carbocycles. The van der Waals surface area contributed by atoms with Gasteiger partial charge in [-0.05, 0) is 11.4 Å². The Bertz CT molecular complexity index is 944. The number of thiophene rings is 1. The van der Waals surface area contributed by atoms with E-state index in [9.17, 15) is 22.8 Å². The van der Waals surface area contributed by atoms with Crippen molar-refractivity contribution in [3.05, 3.63) is 34.0 Å². The molecule has 3 aromatic rings. The van der Waals surface area contributed by atoms with Gasteiger partial charge in [0.25, 0.3) is 5.56 Å². The number of nitrogens with one attached hydrogen (secondary N) is 2. The summed E-state index contributed by atoms with van der Waals surface area (Å²) in [6.07, 6.45) is -3.50. The molecule has 3 aromatic heterocycles. The van der Waals surface area contributed by atoms with Crippen LogP contribution in [-0.4, -0.2) is 30.6 Å². The molecule has 0 aliphatic rings. The van der Waals surface area contributed by atoms with Gasteiger partial charge in [-0.3, -0.25) is 24.6 Å². The molecule has 12 heteroatoms. The summed E-state index contributed by atoms with van der Waals surface area (Å²) in [5.74, 6) is -2.41. The number of rotatable bonds is 4. The third kappa shape index (κ3) is 3.27. The zero-order valence-electron chi connectivity index (χ0n) is 11.8. The van der Waals surface area contributed by atoms with Gasteiger partial charge in [0.05, 0.1) is 11.7 Å². The number of carbonyl (C=O) groups excluding carboxylic acids is 1. The number of anilines is 1. The normalized spacial score (nSPS) is 11.8. The maximum absolute atomic E-state index is 12.4. The van der Waals surface area contributed by atoms with Crippen LogP contribution < -0.4 is 10.9 Å². The van der Waals surface area contributed by atoms with E-state index in [0.29, 0.717) is 10.2 Å². The van der Waals surface area contributed by atoms with Gasteiger partial charge in [0.15, 0.2) is 0 Å². The summed E-state index contributed by atoms with van der Waals surface area (Å²) in [4.78, 5) is 31.7. The van der Waals surface area contributed by atoms with Crippen molar-refractivity contribution < 1.29 is 18.0 Å². The molecule has 0 aromatic carbocycles. The van der Waals surface area contributed by atoms with Crippen molar-refractivity contribution in [2.45, 2.75) is 19.1 Å². The van der Waals surface area contributed by atoms with Gasteiger partial charge in [0, 0.05) is 13.0 Å². The molecule has 126 valence electrons. The second kappa shape index (κ2) is 6.03. The SMILES string of the molecule is O=C(CCn1cnc2sccc2c1=O)Nc1n[nH]c(C(F)(F)F)n1. The van der Waals surface area contributed by atoms with E-state index in [2.05, 4.69) is 20.4 Å². The molecule has 0 aliphatic carbocycles. The maximum atomic E-state index is 12.4. The Labute approximate surface area is 135 Å². The van der Waals surface area contributed by atoms with Crippen LogP contribution >= 0.6 is 11.3 Å². The van der Waals surface area contributed by atoms with Gasteiger partial charge in [-0.25, -0.2) is 4.98 Å². The zero-order valence-corrected chi connectivity index (χ0v) is 12.6. The minimum atomic E-state index is -4.68. The van der Waals surface area contributed by atoms with E-state index in [1.165, 1.54) is 22.2 Å². The third-order valence-electron chi connectivity index (χ3n) is 3.04. The molecule has 24 heavy (non-hydrogen) atoms. The van der Waals surface area contributed by atoms with Gasteiger partial charge in [-0.2, -0.15) is 18.2 Å². The first-order chi connectivity index (χ1) is 11.3. The Morgan fingerprint density at radius 1 is 1.42 bits per heavy atom.